The van der Waals surface area contributed by atoms with Crippen molar-refractivity contribution in [2.75, 3.05) is 0 Å². The number of imide groups is 1. The monoisotopic (exact) mass is 382 g/mol. The Balaban J connectivity index is 1.44. The maximum absolute atomic E-state index is 13.1. The van der Waals surface area contributed by atoms with Gasteiger partial charge in [0.05, 0.1) is 17.0 Å². The van der Waals surface area contributed by atoms with E-state index in [4.69, 9.17) is 0 Å². The normalized spacial score (nSPS) is 19.0. The van der Waals surface area contributed by atoms with Gasteiger partial charge in [0.15, 0.2) is 0 Å². The predicted molar refractivity (Wildman–Crippen MR) is 107 cm³/mol. The van der Waals surface area contributed by atoms with Crippen LogP contribution in [-0.2, 0) is 10.2 Å². The molecule has 0 spiro atoms. The molecule has 0 bridgehead atoms. The smallest absolute Gasteiger partial charge is 0.273 e. The van der Waals surface area contributed by atoms with Gasteiger partial charge >= 0.3 is 0 Å². The first-order valence-electron chi connectivity index (χ1n) is 9.52. The zero-order chi connectivity index (χ0) is 20.0. The first-order valence-corrected chi connectivity index (χ1v) is 9.52. The lowest BCUT2D eigenvalue weighted by molar-refractivity contribution is -0.125. The van der Waals surface area contributed by atoms with Crippen molar-refractivity contribution in [1.82, 2.24) is 10.4 Å². The van der Waals surface area contributed by atoms with E-state index in [9.17, 15) is 14.4 Å². The molecule has 2 aliphatic rings. The fourth-order valence-electron chi connectivity index (χ4n) is 4.33. The van der Waals surface area contributed by atoms with Crippen molar-refractivity contribution in [3.05, 3.63) is 107 Å². The Kier molecular flexibility index (Phi) is 3.84. The van der Waals surface area contributed by atoms with Crippen molar-refractivity contribution in [3.8, 4) is 0 Å². The minimum atomic E-state index is -0.496. The van der Waals surface area contributed by atoms with Crippen LogP contribution in [0, 0.1) is 5.92 Å². The Morgan fingerprint density at radius 1 is 0.759 bits per heavy atom. The second-order valence-electron chi connectivity index (χ2n) is 7.43. The van der Waals surface area contributed by atoms with Crippen molar-refractivity contribution < 1.29 is 14.4 Å². The van der Waals surface area contributed by atoms with Crippen molar-refractivity contribution in [2.24, 2.45) is 5.92 Å². The van der Waals surface area contributed by atoms with E-state index < -0.39 is 17.2 Å². The van der Waals surface area contributed by atoms with Gasteiger partial charge in [0, 0.05) is 5.41 Å². The number of carbonyl (C=O) groups is 3. The van der Waals surface area contributed by atoms with E-state index in [0.717, 1.165) is 16.1 Å². The molecule has 1 aliphatic carbocycles. The molecule has 0 radical (unpaired) electrons. The standard InChI is InChI=1S/C24H18N2O3/c27-21(25-26-22(28)18-13-7-8-14-19(18)23(26)29)20-15-24(20,16-9-3-1-4-10-16)17-11-5-2-6-12-17/h1-14,20H,15H2,(H,25,27)/t20-/m0/s1. The first kappa shape index (κ1) is 17.4. The van der Waals surface area contributed by atoms with Gasteiger partial charge in [-0.3, -0.25) is 19.8 Å². The van der Waals surface area contributed by atoms with E-state index in [0.29, 0.717) is 17.5 Å². The van der Waals surface area contributed by atoms with Gasteiger partial charge in [0.1, 0.15) is 0 Å². The van der Waals surface area contributed by atoms with Gasteiger partial charge in [-0.1, -0.05) is 72.8 Å². The molecule has 3 aromatic carbocycles. The van der Waals surface area contributed by atoms with Crippen molar-refractivity contribution >= 4 is 17.7 Å². The van der Waals surface area contributed by atoms with E-state index in [2.05, 4.69) is 5.43 Å². The first-order chi connectivity index (χ1) is 14.1. The minimum absolute atomic E-state index is 0.311. The van der Waals surface area contributed by atoms with E-state index in [-0.39, 0.29) is 11.8 Å². The van der Waals surface area contributed by atoms with Crippen LogP contribution >= 0.6 is 0 Å². The third kappa shape index (κ3) is 2.58. The average molecular weight is 382 g/mol. The van der Waals surface area contributed by atoms with Crippen molar-refractivity contribution in [2.45, 2.75) is 11.8 Å². The fraction of sp³-hybridized carbons (Fsp3) is 0.125. The lowest BCUT2D eigenvalue weighted by Gasteiger charge is -2.20. The highest BCUT2D eigenvalue weighted by atomic mass is 16.2. The molecule has 5 rings (SSSR count). The number of rotatable bonds is 4. The molecule has 0 aromatic heterocycles. The summed E-state index contributed by atoms with van der Waals surface area (Å²) in [7, 11) is 0. The summed E-state index contributed by atoms with van der Waals surface area (Å²) in [5.74, 6) is -1.68. The van der Waals surface area contributed by atoms with Crippen LogP contribution in [-0.4, -0.2) is 22.7 Å². The molecule has 1 atom stereocenters. The molecule has 5 nitrogen and oxygen atoms in total. The molecule has 3 aromatic rings. The molecule has 1 heterocycles. The fourth-order valence-corrected chi connectivity index (χ4v) is 4.33. The second kappa shape index (κ2) is 6.41. The van der Waals surface area contributed by atoms with Crippen LogP contribution in [0.1, 0.15) is 38.3 Å². The zero-order valence-corrected chi connectivity index (χ0v) is 15.5. The largest absolute Gasteiger partial charge is 0.280 e. The van der Waals surface area contributed by atoms with E-state index >= 15 is 0 Å². The van der Waals surface area contributed by atoms with Crippen LogP contribution in [0.3, 0.4) is 0 Å². The third-order valence-corrected chi connectivity index (χ3v) is 5.87. The predicted octanol–water partition coefficient (Wildman–Crippen LogP) is 3.32. The lowest BCUT2D eigenvalue weighted by atomic mass is 9.85. The highest BCUT2D eigenvalue weighted by molar-refractivity contribution is 6.21. The third-order valence-electron chi connectivity index (χ3n) is 5.87. The van der Waals surface area contributed by atoms with Gasteiger partial charge in [-0.15, -0.1) is 0 Å². The number of fused-ring (bicyclic) bond motifs is 1. The number of nitrogens with one attached hydrogen (secondary N) is 1. The van der Waals surface area contributed by atoms with Gasteiger partial charge in [0.2, 0.25) is 5.91 Å². The van der Waals surface area contributed by atoms with Crippen LogP contribution < -0.4 is 5.43 Å². The summed E-state index contributed by atoms with van der Waals surface area (Å²) in [5.41, 5.74) is 4.85. The summed E-state index contributed by atoms with van der Waals surface area (Å²) < 4.78 is 0. The van der Waals surface area contributed by atoms with Crippen molar-refractivity contribution in [1.29, 1.82) is 0 Å². The summed E-state index contributed by atoms with van der Waals surface area (Å²) in [5, 5.41) is 0.839. The number of hydrogen-bond acceptors (Lipinski definition) is 3. The Bertz CT molecular complexity index is 1050. The SMILES string of the molecule is O=C(NN1C(=O)c2ccccc2C1=O)[C@@H]1CC1(c1ccccc1)c1ccccc1. The number of hydrogen-bond donors (Lipinski definition) is 1. The molecular weight excluding hydrogens is 364 g/mol. The molecule has 29 heavy (non-hydrogen) atoms. The molecule has 5 heteroatoms. The molecule has 1 N–H and O–H groups in total. The van der Waals surface area contributed by atoms with Gasteiger partial charge in [-0.05, 0) is 29.7 Å². The van der Waals surface area contributed by atoms with Crippen LogP contribution in [0.15, 0.2) is 84.9 Å². The maximum Gasteiger partial charge on any atom is 0.280 e. The molecule has 142 valence electrons. The molecule has 1 fully saturated rings. The molecule has 0 unspecified atom stereocenters. The highest BCUT2D eigenvalue weighted by Gasteiger charge is 2.60. The molecule has 3 amide bonds. The molecular formula is C24H18N2O3. The quantitative estimate of drug-likeness (QED) is 0.704. The van der Waals surface area contributed by atoms with Crippen LogP contribution in [0.25, 0.3) is 0 Å². The number of amides is 3. The zero-order valence-electron chi connectivity index (χ0n) is 15.5. The summed E-state index contributed by atoms with van der Waals surface area (Å²) in [6, 6.07) is 26.4. The topological polar surface area (TPSA) is 66.5 Å². The molecule has 0 saturated heterocycles. The number of carbonyl (C=O) groups excluding carboxylic acids is 3. The molecule has 1 aliphatic heterocycles. The summed E-state index contributed by atoms with van der Waals surface area (Å²) in [6.07, 6.45) is 0.621. The van der Waals surface area contributed by atoms with Crippen molar-refractivity contribution in [3.63, 3.8) is 0 Å². The van der Waals surface area contributed by atoms with Gasteiger partial charge in [-0.25, -0.2) is 0 Å². The Hall–Kier alpha value is -3.73. The number of benzene rings is 3. The van der Waals surface area contributed by atoms with Gasteiger partial charge in [0.25, 0.3) is 11.8 Å². The van der Waals surface area contributed by atoms with E-state index in [1.165, 1.54) is 0 Å². The van der Waals surface area contributed by atoms with Crippen LogP contribution in [0.2, 0.25) is 0 Å². The lowest BCUT2D eigenvalue weighted by Crippen LogP contribution is -2.47. The van der Waals surface area contributed by atoms with Crippen LogP contribution in [0.5, 0.6) is 0 Å². The highest BCUT2D eigenvalue weighted by Crippen LogP contribution is 2.58. The summed E-state index contributed by atoms with van der Waals surface area (Å²) in [6.45, 7) is 0. The number of nitrogens with zero attached hydrogens (tertiary/aromatic N) is 1. The van der Waals surface area contributed by atoms with E-state index in [1.54, 1.807) is 24.3 Å². The van der Waals surface area contributed by atoms with Gasteiger partial charge in [-0.2, -0.15) is 5.01 Å². The summed E-state index contributed by atoms with van der Waals surface area (Å²) in [4.78, 5) is 38.3. The second-order valence-corrected chi connectivity index (χ2v) is 7.43. The van der Waals surface area contributed by atoms with Gasteiger partial charge < -0.3 is 0 Å². The summed E-state index contributed by atoms with van der Waals surface area (Å²) >= 11 is 0. The average Bonchev–Trinajstić information content (AvgIpc) is 3.50. The van der Waals surface area contributed by atoms with E-state index in [1.807, 2.05) is 60.7 Å². The Morgan fingerprint density at radius 2 is 1.21 bits per heavy atom. The number of hydrazine groups is 1. The molecule has 1 saturated carbocycles. The van der Waals surface area contributed by atoms with Crippen LogP contribution in [0.4, 0.5) is 0 Å². The Labute approximate surface area is 167 Å². The minimum Gasteiger partial charge on any atom is -0.273 e. The maximum atomic E-state index is 13.1. The Morgan fingerprint density at radius 3 is 1.69 bits per heavy atom.